The Morgan fingerprint density at radius 1 is 0.277 bits per heavy atom. The third-order valence-electron chi connectivity index (χ3n) is 9.82. The Balaban J connectivity index is 1.10. The van der Waals surface area contributed by atoms with Crippen molar-refractivity contribution in [1.29, 1.82) is 0 Å². The van der Waals surface area contributed by atoms with Crippen LogP contribution < -0.4 is 0 Å². The van der Waals surface area contributed by atoms with Gasteiger partial charge in [-0.3, -0.25) is 0 Å². The first kappa shape index (κ1) is 26.1. The van der Waals surface area contributed by atoms with E-state index in [0.717, 1.165) is 27.3 Å². The molecule has 0 N–H and O–H groups in total. The van der Waals surface area contributed by atoms with Gasteiger partial charge in [-0.15, -0.1) is 0 Å². The Morgan fingerprint density at radius 2 is 0.809 bits per heavy atom. The Bertz CT molecular complexity index is 2760. The molecule has 0 saturated carbocycles. The van der Waals surface area contributed by atoms with Crippen molar-refractivity contribution in [2.24, 2.45) is 0 Å². The second-order valence-electron chi connectivity index (χ2n) is 12.5. The molecule has 218 valence electrons. The van der Waals surface area contributed by atoms with Gasteiger partial charge in [0.25, 0.3) is 0 Å². The molecule has 0 aliphatic carbocycles. The Hall–Kier alpha value is -6.18. The molecule has 0 bridgehead atoms. The summed E-state index contributed by atoms with van der Waals surface area (Å²) in [6, 6.07) is 61.6. The molecule has 1 heteroatoms. The molecular weight excluding hydrogens is 569 g/mol. The molecule has 0 unspecified atom stereocenters. The van der Waals surface area contributed by atoms with Crippen molar-refractivity contribution in [2.75, 3.05) is 0 Å². The van der Waals surface area contributed by atoms with Gasteiger partial charge in [-0.2, -0.15) is 0 Å². The van der Waals surface area contributed by atoms with E-state index in [2.05, 4.69) is 170 Å². The molecule has 10 rings (SSSR count). The minimum Gasteiger partial charge on any atom is -0.455 e. The monoisotopic (exact) mass is 596 g/mol. The van der Waals surface area contributed by atoms with Gasteiger partial charge in [0.2, 0.25) is 0 Å². The molecule has 0 aliphatic rings. The van der Waals surface area contributed by atoms with E-state index in [9.17, 15) is 0 Å². The number of furan rings is 1. The quantitative estimate of drug-likeness (QED) is 0.185. The van der Waals surface area contributed by atoms with Crippen LogP contribution in [0.2, 0.25) is 0 Å². The fourth-order valence-corrected chi connectivity index (χ4v) is 7.61. The maximum absolute atomic E-state index is 6.49. The van der Waals surface area contributed by atoms with Crippen LogP contribution in [0.25, 0.3) is 98.4 Å². The van der Waals surface area contributed by atoms with Crippen molar-refractivity contribution in [1.82, 2.24) is 0 Å². The summed E-state index contributed by atoms with van der Waals surface area (Å²) < 4.78 is 6.49. The number of fused-ring (bicyclic) bond motifs is 8. The second-order valence-corrected chi connectivity index (χ2v) is 12.5. The van der Waals surface area contributed by atoms with Crippen LogP contribution in [0, 0.1) is 0 Å². The average Bonchev–Trinajstić information content (AvgIpc) is 3.51. The van der Waals surface area contributed by atoms with Crippen LogP contribution in [-0.4, -0.2) is 0 Å². The van der Waals surface area contributed by atoms with Crippen LogP contribution >= 0.6 is 0 Å². The van der Waals surface area contributed by atoms with Crippen LogP contribution in [0.1, 0.15) is 0 Å². The summed E-state index contributed by atoms with van der Waals surface area (Å²) in [7, 11) is 0. The molecule has 10 aromatic rings. The normalized spacial score (nSPS) is 11.8. The third-order valence-corrected chi connectivity index (χ3v) is 9.82. The van der Waals surface area contributed by atoms with Gasteiger partial charge in [0.1, 0.15) is 11.2 Å². The summed E-state index contributed by atoms with van der Waals surface area (Å²) in [5.74, 6) is 0. The Labute approximate surface area is 271 Å². The minimum atomic E-state index is 0.925. The summed E-state index contributed by atoms with van der Waals surface area (Å²) in [5.41, 5.74) is 9.31. The zero-order valence-electron chi connectivity index (χ0n) is 25.6. The molecule has 1 heterocycles. The van der Waals surface area contributed by atoms with Gasteiger partial charge in [-0.25, -0.2) is 0 Å². The van der Waals surface area contributed by atoms with Gasteiger partial charge >= 0.3 is 0 Å². The largest absolute Gasteiger partial charge is 0.455 e. The van der Waals surface area contributed by atoms with E-state index in [-0.39, 0.29) is 0 Å². The van der Waals surface area contributed by atoms with Gasteiger partial charge in [0.05, 0.1) is 0 Å². The van der Waals surface area contributed by atoms with Crippen molar-refractivity contribution in [2.45, 2.75) is 0 Å². The lowest BCUT2D eigenvalue weighted by Crippen LogP contribution is -1.90. The topological polar surface area (TPSA) is 13.1 Å². The van der Waals surface area contributed by atoms with Gasteiger partial charge in [-0.05, 0) is 95.3 Å². The predicted octanol–water partition coefficient (Wildman–Crippen LogP) is 13.2. The second kappa shape index (κ2) is 10.2. The SMILES string of the molecule is c1ccc(-c2c3ccccc3c(-c3ccc(-c4ccc5cc6c(cc5c4)oc4c5ccccc5ccc64)cc3)c3ccccc23)cc1. The van der Waals surface area contributed by atoms with E-state index in [1.165, 1.54) is 71.1 Å². The molecule has 0 spiro atoms. The van der Waals surface area contributed by atoms with E-state index in [0.29, 0.717) is 0 Å². The average molecular weight is 597 g/mol. The lowest BCUT2D eigenvalue weighted by atomic mass is 9.85. The summed E-state index contributed by atoms with van der Waals surface area (Å²) in [4.78, 5) is 0. The van der Waals surface area contributed by atoms with E-state index in [4.69, 9.17) is 4.42 Å². The molecule has 0 fully saturated rings. The van der Waals surface area contributed by atoms with Crippen molar-refractivity contribution < 1.29 is 4.42 Å². The van der Waals surface area contributed by atoms with Crippen LogP contribution in [0.4, 0.5) is 0 Å². The number of hydrogen-bond acceptors (Lipinski definition) is 1. The highest BCUT2D eigenvalue weighted by atomic mass is 16.3. The fourth-order valence-electron chi connectivity index (χ4n) is 7.61. The molecule has 47 heavy (non-hydrogen) atoms. The van der Waals surface area contributed by atoms with Crippen LogP contribution in [0.3, 0.4) is 0 Å². The molecule has 0 aliphatic heterocycles. The van der Waals surface area contributed by atoms with Crippen LogP contribution in [-0.2, 0) is 0 Å². The highest BCUT2D eigenvalue weighted by Crippen LogP contribution is 2.44. The van der Waals surface area contributed by atoms with Gasteiger partial charge < -0.3 is 4.42 Å². The smallest absolute Gasteiger partial charge is 0.143 e. The minimum absolute atomic E-state index is 0.925. The number of rotatable bonds is 3. The van der Waals surface area contributed by atoms with Crippen molar-refractivity contribution >= 4 is 65.0 Å². The predicted molar refractivity (Wildman–Crippen MR) is 200 cm³/mol. The first-order valence-corrected chi connectivity index (χ1v) is 16.2. The highest BCUT2D eigenvalue weighted by Gasteiger charge is 2.17. The molecular formula is C46H28O. The number of benzene rings is 9. The van der Waals surface area contributed by atoms with Crippen molar-refractivity contribution in [3.05, 3.63) is 170 Å². The zero-order valence-corrected chi connectivity index (χ0v) is 25.6. The molecule has 0 amide bonds. The molecule has 0 saturated heterocycles. The lowest BCUT2D eigenvalue weighted by molar-refractivity contribution is 0.673. The molecule has 0 radical (unpaired) electrons. The fraction of sp³-hybridized carbons (Fsp3) is 0. The third kappa shape index (κ3) is 4.03. The zero-order chi connectivity index (χ0) is 30.9. The summed E-state index contributed by atoms with van der Waals surface area (Å²) in [6.07, 6.45) is 0. The van der Waals surface area contributed by atoms with E-state index < -0.39 is 0 Å². The molecule has 1 nitrogen and oxygen atoms in total. The van der Waals surface area contributed by atoms with Gasteiger partial charge in [0.15, 0.2) is 0 Å². The van der Waals surface area contributed by atoms with E-state index in [1.807, 2.05) is 0 Å². The molecule has 0 atom stereocenters. The highest BCUT2D eigenvalue weighted by molar-refractivity contribution is 6.21. The van der Waals surface area contributed by atoms with Crippen molar-refractivity contribution in [3.8, 4) is 33.4 Å². The Kier molecular flexibility index (Phi) is 5.64. The summed E-state index contributed by atoms with van der Waals surface area (Å²) in [6.45, 7) is 0. The summed E-state index contributed by atoms with van der Waals surface area (Å²) in [5, 5.41) is 12.2. The lowest BCUT2D eigenvalue weighted by Gasteiger charge is -2.18. The molecule has 1 aromatic heterocycles. The summed E-state index contributed by atoms with van der Waals surface area (Å²) >= 11 is 0. The van der Waals surface area contributed by atoms with Crippen LogP contribution in [0.5, 0.6) is 0 Å². The van der Waals surface area contributed by atoms with E-state index >= 15 is 0 Å². The maximum Gasteiger partial charge on any atom is 0.143 e. The first-order valence-electron chi connectivity index (χ1n) is 16.2. The first-order chi connectivity index (χ1) is 23.3. The van der Waals surface area contributed by atoms with Gasteiger partial charge in [0, 0.05) is 16.2 Å². The Morgan fingerprint density at radius 3 is 1.49 bits per heavy atom. The maximum atomic E-state index is 6.49. The van der Waals surface area contributed by atoms with Crippen molar-refractivity contribution in [3.63, 3.8) is 0 Å². The molecule has 9 aromatic carbocycles. The number of hydrogen-bond donors (Lipinski definition) is 0. The standard InChI is InChI=1S/C46H28O/c1-2-11-31(12-3-1)44-37-14-6-8-16-39(37)45(40-17-9-7-15-38(40)44)32-20-18-29(19-21-32)33-22-23-34-27-42-41-25-24-30-10-4-5-13-36(30)46(41)47-43(42)28-35(34)26-33/h1-28H. The van der Waals surface area contributed by atoms with Gasteiger partial charge in [-0.1, -0.05) is 146 Å². The van der Waals surface area contributed by atoms with Crippen LogP contribution in [0.15, 0.2) is 174 Å². The van der Waals surface area contributed by atoms with E-state index in [1.54, 1.807) is 0 Å².